The smallest absolute Gasteiger partial charge is 0.379 e. The molecule has 3 heterocycles. The van der Waals surface area contributed by atoms with Crippen LogP contribution < -0.4 is 20.3 Å². The van der Waals surface area contributed by atoms with E-state index in [1.165, 1.54) is 46.0 Å². The number of aromatic amines is 1. The maximum atomic E-state index is 13.3. The summed E-state index contributed by atoms with van der Waals surface area (Å²) in [5.41, 5.74) is -2.01. The van der Waals surface area contributed by atoms with Crippen molar-refractivity contribution in [3.8, 4) is 5.75 Å². The fourth-order valence-electron chi connectivity index (χ4n) is 5.44. The number of aromatic nitrogens is 3. The number of carbonyl (C=O) groups excluding carboxylic acids is 1. The SMILES string of the molecule is O=C(c1ccc(Cl)c(C(F)(F)F)c1)N1CCN(c2cc(=O)[nH]c(=O)n2Cc2ccc(OS(=O)(=O)c3cccc4cnccc34)cc2)CC1. The minimum absolute atomic E-state index is 0.00155. The van der Waals surface area contributed by atoms with Crippen LogP contribution in [-0.2, 0) is 22.8 Å². The number of fused-ring (bicyclic) bond motifs is 1. The van der Waals surface area contributed by atoms with Crippen LogP contribution in [0, 0.1) is 0 Å². The van der Waals surface area contributed by atoms with Crippen molar-refractivity contribution in [3.05, 3.63) is 128 Å². The minimum Gasteiger partial charge on any atom is -0.379 e. The Bertz CT molecular complexity index is 2250. The fourth-order valence-corrected chi connectivity index (χ4v) is 6.81. The molecule has 11 nitrogen and oxygen atoms in total. The lowest BCUT2D eigenvalue weighted by Gasteiger charge is -2.36. The predicted molar refractivity (Wildman–Crippen MR) is 171 cm³/mol. The summed E-state index contributed by atoms with van der Waals surface area (Å²) in [4.78, 5) is 47.6. The summed E-state index contributed by atoms with van der Waals surface area (Å²) in [6, 6.07) is 16.6. The fraction of sp³-hybridized carbons (Fsp3) is 0.188. The zero-order chi connectivity index (χ0) is 34.2. The number of anilines is 1. The van der Waals surface area contributed by atoms with Crippen LogP contribution in [0.1, 0.15) is 21.5 Å². The number of pyridine rings is 1. The van der Waals surface area contributed by atoms with E-state index in [4.69, 9.17) is 15.8 Å². The van der Waals surface area contributed by atoms with Crippen molar-refractivity contribution in [2.75, 3.05) is 31.1 Å². The monoisotopic (exact) mass is 699 g/mol. The molecule has 16 heteroatoms. The Labute approximate surface area is 275 Å². The van der Waals surface area contributed by atoms with E-state index in [-0.39, 0.29) is 54.8 Å². The van der Waals surface area contributed by atoms with Crippen molar-refractivity contribution < 1.29 is 30.6 Å². The van der Waals surface area contributed by atoms with Gasteiger partial charge in [0.05, 0.1) is 17.1 Å². The number of rotatable bonds is 7. The van der Waals surface area contributed by atoms with Gasteiger partial charge in [-0.05, 0) is 48.0 Å². The van der Waals surface area contributed by atoms with Gasteiger partial charge in [0.2, 0.25) is 0 Å². The lowest BCUT2D eigenvalue weighted by Crippen LogP contribution is -2.50. The lowest BCUT2D eigenvalue weighted by atomic mass is 10.1. The van der Waals surface area contributed by atoms with Crippen LogP contribution in [0.5, 0.6) is 5.75 Å². The molecule has 1 saturated heterocycles. The van der Waals surface area contributed by atoms with Crippen LogP contribution in [0.4, 0.5) is 19.0 Å². The van der Waals surface area contributed by atoms with Gasteiger partial charge in [-0.1, -0.05) is 35.9 Å². The first kappa shape index (κ1) is 32.8. The highest BCUT2D eigenvalue weighted by Gasteiger charge is 2.34. The van der Waals surface area contributed by atoms with Crippen LogP contribution in [-0.4, -0.2) is 59.9 Å². The first-order valence-electron chi connectivity index (χ1n) is 14.4. The van der Waals surface area contributed by atoms with Gasteiger partial charge in [-0.2, -0.15) is 21.6 Å². The van der Waals surface area contributed by atoms with Gasteiger partial charge >= 0.3 is 22.0 Å². The van der Waals surface area contributed by atoms with E-state index in [1.807, 2.05) is 0 Å². The summed E-state index contributed by atoms with van der Waals surface area (Å²) in [5, 5.41) is 0.579. The summed E-state index contributed by atoms with van der Waals surface area (Å²) in [5.74, 6) is -0.292. The summed E-state index contributed by atoms with van der Waals surface area (Å²) in [6.45, 7) is 0.583. The molecule has 0 atom stereocenters. The van der Waals surface area contributed by atoms with Crippen molar-refractivity contribution in [3.63, 3.8) is 0 Å². The van der Waals surface area contributed by atoms with E-state index < -0.39 is 44.0 Å². The molecular weight excluding hydrogens is 675 g/mol. The molecule has 248 valence electrons. The van der Waals surface area contributed by atoms with E-state index in [0.29, 0.717) is 16.3 Å². The van der Waals surface area contributed by atoms with Crippen LogP contribution in [0.3, 0.4) is 0 Å². The Kier molecular flexibility index (Phi) is 8.74. The number of hydrogen-bond acceptors (Lipinski definition) is 8. The highest BCUT2D eigenvalue weighted by molar-refractivity contribution is 7.87. The highest BCUT2D eigenvalue weighted by atomic mass is 35.5. The van der Waals surface area contributed by atoms with Gasteiger partial charge in [0.1, 0.15) is 16.5 Å². The molecule has 1 amide bonds. The Morgan fingerprint density at radius 3 is 2.40 bits per heavy atom. The van der Waals surface area contributed by atoms with Gasteiger partial charge in [0.25, 0.3) is 11.5 Å². The Morgan fingerprint density at radius 2 is 1.69 bits per heavy atom. The van der Waals surface area contributed by atoms with Gasteiger partial charge in [0.15, 0.2) is 0 Å². The number of amides is 1. The van der Waals surface area contributed by atoms with E-state index in [2.05, 4.69) is 9.97 Å². The molecule has 5 aromatic rings. The zero-order valence-corrected chi connectivity index (χ0v) is 26.3. The topological polar surface area (TPSA) is 135 Å². The van der Waals surface area contributed by atoms with E-state index in [1.54, 1.807) is 41.4 Å². The molecule has 1 N–H and O–H groups in total. The number of benzene rings is 3. The maximum absolute atomic E-state index is 13.3. The number of piperazine rings is 1. The van der Waals surface area contributed by atoms with E-state index >= 15 is 0 Å². The Morgan fingerprint density at radius 1 is 0.958 bits per heavy atom. The molecule has 0 aliphatic carbocycles. The maximum Gasteiger partial charge on any atom is 0.417 e. The molecule has 0 radical (unpaired) electrons. The quantitative estimate of drug-likeness (QED) is 0.245. The summed E-state index contributed by atoms with van der Waals surface area (Å²) >= 11 is 5.69. The van der Waals surface area contributed by atoms with Crippen LogP contribution >= 0.6 is 11.6 Å². The molecule has 2 aromatic heterocycles. The molecule has 0 unspecified atom stereocenters. The summed E-state index contributed by atoms with van der Waals surface area (Å²) in [7, 11) is -4.20. The number of nitrogens with one attached hydrogen (secondary N) is 1. The first-order valence-corrected chi connectivity index (χ1v) is 16.2. The van der Waals surface area contributed by atoms with Gasteiger partial charge in [0, 0.05) is 61.0 Å². The van der Waals surface area contributed by atoms with Crippen molar-refractivity contribution in [1.29, 1.82) is 0 Å². The van der Waals surface area contributed by atoms with Crippen molar-refractivity contribution in [2.45, 2.75) is 17.6 Å². The molecule has 1 aliphatic rings. The third-order valence-corrected chi connectivity index (χ3v) is 9.44. The van der Waals surface area contributed by atoms with E-state index in [9.17, 15) is 36.0 Å². The number of hydrogen-bond donors (Lipinski definition) is 1. The van der Waals surface area contributed by atoms with E-state index in [0.717, 1.165) is 12.1 Å². The number of nitrogens with zero attached hydrogens (tertiary/aromatic N) is 4. The summed E-state index contributed by atoms with van der Waals surface area (Å²) < 4.78 is 72.9. The first-order chi connectivity index (χ1) is 22.8. The lowest BCUT2D eigenvalue weighted by molar-refractivity contribution is -0.137. The number of H-pyrrole nitrogens is 1. The largest absolute Gasteiger partial charge is 0.417 e. The van der Waals surface area contributed by atoms with Gasteiger partial charge in [-0.25, -0.2) is 4.79 Å². The number of carbonyl (C=O) groups is 1. The Hall–Kier alpha value is -5.15. The normalized spacial score (nSPS) is 13.9. The average molecular weight is 700 g/mol. The van der Waals surface area contributed by atoms with Gasteiger partial charge < -0.3 is 14.0 Å². The van der Waals surface area contributed by atoms with Crippen LogP contribution in [0.15, 0.2) is 99.7 Å². The number of halogens is 4. The molecule has 3 aromatic carbocycles. The third-order valence-electron chi connectivity index (χ3n) is 7.80. The molecule has 0 saturated carbocycles. The zero-order valence-electron chi connectivity index (χ0n) is 24.8. The second-order valence-corrected chi connectivity index (χ2v) is 12.8. The minimum atomic E-state index is -4.73. The third kappa shape index (κ3) is 6.78. The molecule has 1 fully saturated rings. The van der Waals surface area contributed by atoms with Gasteiger partial charge in [-0.3, -0.25) is 24.1 Å². The second kappa shape index (κ2) is 12.8. The molecular formula is C32H25ClF3N5O6S. The van der Waals surface area contributed by atoms with Crippen molar-refractivity contribution in [2.24, 2.45) is 0 Å². The van der Waals surface area contributed by atoms with Crippen LogP contribution in [0.2, 0.25) is 5.02 Å². The van der Waals surface area contributed by atoms with Crippen LogP contribution in [0.25, 0.3) is 10.8 Å². The summed E-state index contributed by atoms with van der Waals surface area (Å²) in [6.07, 6.45) is -1.69. The predicted octanol–water partition coefficient (Wildman–Crippen LogP) is 4.54. The second-order valence-electron chi connectivity index (χ2n) is 10.9. The molecule has 48 heavy (non-hydrogen) atoms. The molecule has 0 bridgehead atoms. The molecule has 1 aliphatic heterocycles. The number of alkyl halides is 3. The standard InChI is InChI=1S/C32H25ClF3N5O6S/c33-26-9-6-21(16-25(26)32(34,35)36)30(43)40-14-12-39(13-15-40)29-17-28(42)38-31(44)41(29)19-20-4-7-23(8-5-20)47-48(45,46)27-3-1-2-22-18-37-11-10-24(22)27/h1-11,16-18H,12-15,19H2,(H,38,42,44). The highest BCUT2D eigenvalue weighted by Crippen LogP contribution is 2.35. The molecule has 0 spiro atoms. The average Bonchev–Trinajstić information content (AvgIpc) is 3.05. The van der Waals surface area contributed by atoms with Crippen molar-refractivity contribution in [1.82, 2.24) is 19.4 Å². The van der Waals surface area contributed by atoms with Crippen molar-refractivity contribution >= 4 is 44.2 Å². The Balaban J connectivity index is 1.17. The molecule has 6 rings (SSSR count). The van der Waals surface area contributed by atoms with Gasteiger partial charge in [-0.15, -0.1) is 0 Å².